The zero-order valence-corrected chi connectivity index (χ0v) is 30.2. The molecule has 0 aromatic heterocycles. The Balaban J connectivity index is 0.000000710. The van der Waals surface area contributed by atoms with Crippen molar-refractivity contribution in [3.63, 3.8) is 0 Å². The van der Waals surface area contributed by atoms with Crippen LogP contribution in [0.5, 0.6) is 0 Å². The number of halogens is 2. The average molecular weight is 704 g/mol. The van der Waals surface area contributed by atoms with E-state index < -0.39 is 0 Å². The zero-order chi connectivity index (χ0) is 27.9. The van der Waals surface area contributed by atoms with Crippen LogP contribution in [0, 0.1) is 6.07 Å². The Bertz CT molecular complexity index is 1920. The molecule has 1 unspecified atom stereocenters. The molecule has 0 bridgehead atoms. The van der Waals surface area contributed by atoms with Gasteiger partial charge in [-0.2, -0.15) is 18.2 Å². The van der Waals surface area contributed by atoms with Gasteiger partial charge in [-0.15, -0.1) is 16.7 Å². The molecule has 8 rings (SSSR count). The van der Waals surface area contributed by atoms with Crippen LogP contribution >= 0.6 is 0 Å². The van der Waals surface area contributed by atoms with E-state index in [1.807, 2.05) is 0 Å². The number of hydrogen-bond donors (Lipinski definition) is 0. The summed E-state index contributed by atoms with van der Waals surface area (Å²) in [6, 6.07) is 43.9. The topological polar surface area (TPSA) is 0 Å². The molecule has 6 aromatic rings. The summed E-state index contributed by atoms with van der Waals surface area (Å²) in [7, 11) is 1.08. The molecule has 3 radical (unpaired) electrons. The summed E-state index contributed by atoms with van der Waals surface area (Å²) in [5.41, 5.74) is 13.9. The fourth-order valence-electron chi connectivity index (χ4n) is 7.01. The predicted octanol–water partition coefficient (Wildman–Crippen LogP) is 4.76. The van der Waals surface area contributed by atoms with Crippen LogP contribution in [0.3, 0.4) is 0 Å². The van der Waals surface area contributed by atoms with Gasteiger partial charge in [-0.25, -0.2) is 0 Å². The fourth-order valence-corrected chi connectivity index (χ4v) is 7.01. The van der Waals surface area contributed by atoms with E-state index in [2.05, 4.69) is 141 Å². The van der Waals surface area contributed by atoms with E-state index in [0.717, 1.165) is 22.4 Å². The van der Waals surface area contributed by atoms with Crippen molar-refractivity contribution in [1.29, 1.82) is 0 Å². The van der Waals surface area contributed by atoms with Crippen molar-refractivity contribution in [1.82, 2.24) is 0 Å². The number of hydrogen-bond acceptors (Lipinski definition) is 0. The van der Waals surface area contributed by atoms with Crippen molar-refractivity contribution in [2.75, 3.05) is 0 Å². The Morgan fingerprint density at radius 1 is 0.727 bits per heavy atom. The van der Waals surface area contributed by atoms with E-state index in [-0.39, 0.29) is 56.9 Å². The van der Waals surface area contributed by atoms with Crippen LogP contribution in [0.15, 0.2) is 115 Å². The molecule has 0 fully saturated rings. The number of fused-ring (bicyclic) bond motifs is 6. The van der Waals surface area contributed by atoms with Crippen molar-refractivity contribution in [3.05, 3.63) is 149 Å². The quantitative estimate of drug-likeness (QED) is 0.142. The first-order valence-corrected chi connectivity index (χ1v) is 16.7. The summed E-state index contributed by atoms with van der Waals surface area (Å²) in [5, 5.41) is 5.22. The van der Waals surface area contributed by atoms with Crippen LogP contribution in [0.4, 0.5) is 0 Å². The van der Waals surface area contributed by atoms with Crippen LogP contribution in [0.2, 0.25) is 13.1 Å². The molecule has 0 heterocycles. The molecular weight excluding hydrogens is 671 g/mol. The van der Waals surface area contributed by atoms with Crippen molar-refractivity contribution in [3.8, 4) is 22.3 Å². The predicted molar refractivity (Wildman–Crippen MR) is 178 cm³/mol. The molecule has 2 aliphatic carbocycles. The Hall–Kier alpha value is -2.74. The second-order valence-corrected chi connectivity index (χ2v) is 12.1. The minimum atomic E-state index is 0. The van der Waals surface area contributed by atoms with Crippen LogP contribution in [-0.2, 0) is 32.6 Å². The summed E-state index contributed by atoms with van der Waals surface area (Å²) in [4.78, 5) is 0. The maximum atomic E-state index is 3.73. The number of rotatable bonds is 3. The summed E-state index contributed by atoms with van der Waals surface area (Å²) in [6.45, 7) is 6.61. The van der Waals surface area contributed by atoms with Crippen LogP contribution in [0.1, 0.15) is 47.1 Å². The molecule has 0 N–H and O–H groups in total. The average Bonchev–Trinajstić information content (AvgIpc) is 3.59. The molecule has 1 atom stereocenters. The second kappa shape index (κ2) is 14.6. The van der Waals surface area contributed by atoms with Crippen LogP contribution in [-0.4, -0.2) is 9.52 Å². The van der Waals surface area contributed by atoms with Crippen molar-refractivity contribution in [2.24, 2.45) is 0 Å². The summed E-state index contributed by atoms with van der Waals surface area (Å²) < 4.78 is 0. The first-order valence-electron chi connectivity index (χ1n) is 14.7. The van der Waals surface area contributed by atoms with Gasteiger partial charge >= 0.3 is 26.2 Å². The molecule has 0 saturated carbocycles. The standard InChI is InChI=1S/C38H27.C2H6Si.2ClH.Zr/c1-2-24-22-36-33(37(24)32-18-9-17-31-28-14-6-3-13-27(28)23-35(31)32)19-10-20-34(36)38-29-15-7-4-11-25(29)21-26-12-5-8-16-30(26)38;1-3-2;;;/h3-17,19-22,37H,2,23H2,1H3;1-2H3;2*1H;/q-1;;;;+3/p-2. The Morgan fingerprint density at radius 2 is 1.34 bits per heavy atom. The summed E-state index contributed by atoms with van der Waals surface area (Å²) in [6.07, 6.45) is 4.51. The van der Waals surface area contributed by atoms with Gasteiger partial charge in [0.25, 0.3) is 0 Å². The van der Waals surface area contributed by atoms with Crippen molar-refractivity contribution >= 4 is 37.1 Å². The van der Waals surface area contributed by atoms with E-state index in [1.165, 1.54) is 77.2 Å². The van der Waals surface area contributed by atoms with Gasteiger partial charge in [0.2, 0.25) is 0 Å². The van der Waals surface area contributed by atoms with Gasteiger partial charge in [0.15, 0.2) is 0 Å². The second-order valence-electron chi connectivity index (χ2n) is 11.1. The van der Waals surface area contributed by atoms with Gasteiger partial charge in [-0.3, -0.25) is 0 Å². The van der Waals surface area contributed by atoms with E-state index in [9.17, 15) is 0 Å². The third kappa shape index (κ3) is 5.72. The molecule has 215 valence electrons. The summed E-state index contributed by atoms with van der Waals surface area (Å²) >= 11 is 0. The molecular formula is C40H33Cl2SiZr. The minimum absolute atomic E-state index is 0. The monoisotopic (exact) mass is 701 g/mol. The third-order valence-electron chi connectivity index (χ3n) is 8.70. The van der Waals surface area contributed by atoms with Gasteiger partial charge in [0.05, 0.1) is 0 Å². The van der Waals surface area contributed by atoms with Gasteiger partial charge in [-0.05, 0) is 73.8 Å². The van der Waals surface area contributed by atoms with E-state index in [1.54, 1.807) is 0 Å². The van der Waals surface area contributed by atoms with Gasteiger partial charge in [-0.1, -0.05) is 123 Å². The van der Waals surface area contributed by atoms with Crippen LogP contribution < -0.4 is 24.8 Å². The largest absolute Gasteiger partial charge is 3.00 e. The molecule has 0 amide bonds. The Kier molecular flexibility index (Phi) is 11.3. The molecule has 0 spiro atoms. The smallest absolute Gasteiger partial charge is 1.00 e. The first-order chi connectivity index (χ1) is 20.2. The van der Waals surface area contributed by atoms with Crippen molar-refractivity contribution in [2.45, 2.75) is 38.8 Å². The zero-order valence-electron chi connectivity index (χ0n) is 25.2. The Labute approximate surface area is 295 Å². The van der Waals surface area contributed by atoms with E-state index >= 15 is 0 Å². The third-order valence-corrected chi connectivity index (χ3v) is 8.70. The van der Waals surface area contributed by atoms with Crippen LogP contribution in [0.25, 0.3) is 49.9 Å². The van der Waals surface area contributed by atoms with E-state index in [0.29, 0.717) is 0 Å². The molecule has 6 aromatic carbocycles. The fraction of sp³-hybridized carbons (Fsp3) is 0.150. The molecule has 0 saturated heterocycles. The Morgan fingerprint density at radius 3 is 2.02 bits per heavy atom. The van der Waals surface area contributed by atoms with Gasteiger partial charge in [0, 0.05) is 15.4 Å². The summed E-state index contributed by atoms with van der Waals surface area (Å²) in [5.74, 6) is 0.250. The number of benzene rings is 6. The number of allylic oxidation sites excluding steroid dienone is 1. The molecule has 0 nitrogen and oxygen atoms in total. The minimum Gasteiger partial charge on any atom is -1.00 e. The van der Waals surface area contributed by atoms with Crippen molar-refractivity contribution < 1.29 is 51.0 Å². The molecule has 44 heavy (non-hydrogen) atoms. The van der Waals surface area contributed by atoms with Gasteiger partial charge < -0.3 is 24.8 Å². The molecule has 4 heteroatoms. The maximum Gasteiger partial charge on any atom is 3.00 e. The normalized spacial score (nSPS) is 13.7. The maximum absolute atomic E-state index is 3.73. The molecule has 0 aliphatic heterocycles. The van der Waals surface area contributed by atoms with E-state index in [4.69, 9.17) is 0 Å². The van der Waals surface area contributed by atoms with Gasteiger partial charge in [0.1, 0.15) is 0 Å². The SMILES string of the molecule is CCC1=Cc2c(-c3c4ccccc4cc4ccccc34)cccc2C1c1[c-]ccc2c1Cc1ccccc1-2.C[Si]C.[Cl-].[Cl-].[Zr+3]. The first kappa shape index (κ1) is 34.1. The molecule has 2 aliphatic rings.